The van der Waals surface area contributed by atoms with Gasteiger partial charge in [0.15, 0.2) is 29.3 Å². The summed E-state index contributed by atoms with van der Waals surface area (Å²) in [6, 6.07) is 20.9. The largest absolute Gasteiger partial charge is 0.479 e. The van der Waals surface area contributed by atoms with Crippen LogP contribution in [0.3, 0.4) is 0 Å². The summed E-state index contributed by atoms with van der Waals surface area (Å²) < 4.78 is 74.7. The number of thioether (sulfide) groups is 1. The topological polar surface area (TPSA) is 183 Å². The van der Waals surface area contributed by atoms with Crippen LogP contribution in [0.4, 0.5) is 22.0 Å². The van der Waals surface area contributed by atoms with Gasteiger partial charge in [-0.3, -0.25) is 9.59 Å². The number of methoxy groups -OCH3 is 1. The summed E-state index contributed by atoms with van der Waals surface area (Å²) in [6.45, 7) is 3.04. The number of fused-ring (bicyclic) bond motifs is 1. The van der Waals surface area contributed by atoms with E-state index in [9.17, 15) is 41.1 Å². The van der Waals surface area contributed by atoms with Gasteiger partial charge in [0.05, 0.1) is 22.6 Å². The number of hydrogen-bond acceptors (Lipinski definition) is 10. The van der Waals surface area contributed by atoms with Crippen molar-refractivity contribution in [1.82, 2.24) is 19.4 Å². The van der Waals surface area contributed by atoms with Crippen LogP contribution in [0.25, 0.3) is 22.2 Å². The Morgan fingerprint density at radius 1 is 0.903 bits per heavy atom. The zero-order valence-electron chi connectivity index (χ0n) is 33.2. The van der Waals surface area contributed by atoms with Gasteiger partial charge in [-0.05, 0) is 59.9 Å². The number of benzene rings is 3. The molecule has 4 N–H and O–H groups in total. The summed E-state index contributed by atoms with van der Waals surface area (Å²) in [4.78, 5) is 55.7. The number of likely N-dealkylation sites (tertiary alicyclic amines) is 1. The molecule has 2 aromatic heterocycles. The maximum atomic E-state index is 14.6. The van der Waals surface area contributed by atoms with Gasteiger partial charge < -0.3 is 39.5 Å². The first-order valence-electron chi connectivity index (χ1n) is 19.1. The van der Waals surface area contributed by atoms with Crippen molar-refractivity contribution in [3.05, 3.63) is 130 Å². The number of hydrogen-bond donors (Lipinski definition) is 4. The number of halogens is 5. The van der Waals surface area contributed by atoms with Crippen LogP contribution in [0.15, 0.2) is 101 Å². The molecule has 5 aromatic rings. The van der Waals surface area contributed by atoms with Gasteiger partial charge in [0.1, 0.15) is 12.2 Å². The molecule has 2 atom stereocenters. The van der Waals surface area contributed by atoms with Crippen molar-refractivity contribution in [2.24, 2.45) is 0 Å². The highest BCUT2D eigenvalue weighted by molar-refractivity contribution is 7.98. The van der Waals surface area contributed by atoms with Gasteiger partial charge in [-0.15, -0.1) is 11.8 Å². The van der Waals surface area contributed by atoms with Crippen LogP contribution in [-0.2, 0) is 44.1 Å². The first kappa shape index (κ1) is 47.3. The second-order valence-electron chi connectivity index (χ2n) is 14.2. The lowest BCUT2D eigenvalue weighted by Crippen LogP contribution is -2.48. The molecule has 19 heteroatoms. The number of carboxylic acids is 2. The fourth-order valence-electron chi connectivity index (χ4n) is 6.70. The number of piperidine rings is 1. The summed E-state index contributed by atoms with van der Waals surface area (Å²) >= 11 is 1.12. The van der Waals surface area contributed by atoms with E-state index >= 15 is 0 Å². The SMILES string of the molecule is COCCN1CCC(N(Cc2ccc(-c3ccc(C(F)(F)F)cc3)cc2)C(=O)Cn2c(SCc3cccc(F)c3F)cc(=O)c3cccnc32)CC1.O=C(O)C(O)C(O)C(=O)O. The van der Waals surface area contributed by atoms with Crippen LogP contribution in [0.5, 0.6) is 0 Å². The van der Waals surface area contributed by atoms with E-state index in [-0.39, 0.29) is 41.8 Å². The minimum atomic E-state index is -4.42. The summed E-state index contributed by atoms with van der Waals surface area (Å²) in [5.41, 5.74) is 1.62. The Kier molecular flexibility index (Phi) is 16.3. The van der Waals surface area contributed by atoms with E-state index in [1.807, 2.05) is 29.2 Å². The average molecular weight is 887 g/mol. The quantitative estimate of drug-likeness (QED) is 0.0748. The molecular weight excluding hydrogens is 844 g/mol. The predicted octanol–water partition coefficient (Wildman–Crippen LogP) is 5.67. The zero-order valence-corrected chi connectivity index (χ0v) is 34.0. The molecular formula is C43H43F5N4O9S. The molecule has 13 nitrogen and oxygen atoms in total. The molecule has 330 valence electrons. The summed E-state index contributed by atoms with van der Waals surface area (Å²) in [5, 5.41) is 33.2. The van der Waals surface area contributed by atoms with Crippen LogP contribution < -0.4 is 5.43 Å². The minimum Gasteiger partial charge on any atom is -0.479 e. The van der Waals surface area contributed by atoms with Crippen LogP contribution in [-0.4, -0.2) is 109 Å². The maximum Gasteiger partial charge on any atom is 0.416 e. The monoisotopic (exact) mass is 886 g/mol. The van der Waals surface area contributed by atoms with Crippen molar-refractivity contribution in [3.63, 3.8) is 0 Å². The highest BCUT2D eigenvalue weighted by atomic mass is 32.2. The molecule has 3 aromatic carbocycles. The van der Waals surface area contributed by atoms with Crippen LogP contribution in [0, 0.1) is 11.6 Å². The maximum absolute atomic E-state index is 14.6. The number of carbonyl (C=O) groups excluding carboxylic acids is 1. The highest BCUT2D eigenvalue weighted by Gasteiger charge is 2.31. The Hall–Kier alpha value is -5.73. The number of aliphatic hydroxyl groups is 2. The number of carboxylic acid groups (broad SMARTS) is 2. The standard InChI is InChI=1S/C39H37F5N4O3S.C4H6O6/c1-51-21-20-46-18-15-31(16-19-46)47(23-26-7-9-27(10-8-26)28-11-13-30(14-12-28)39(42,43)44)35(50)24-48-36(22-34(49)32-5-3-17-45-38(32)48)52-25-29-4-2-6-33(40)37(29)41;5-1(3(7)8)2(6)4(9)10/h2-14,17,22,31H,15-16,18-21,23-25H2,1H3;1-2,5-6H,(H,7,8)(H,9,10). The van der Waals surface area contributed by atoms with Crippen LogP contribution >= 0.6 is 11.8 Å². The van der Waals surface area contributed by atoms with E-state index < -0.39 is 47.5 Å². The zero-order chi connectivity index (χ0) is 45.1. The first-order valence-corrected chi connectivity index (χ1v) is 20.1. The molecule has 0 aliphatic carbocycles. The number of aliphatic hydroxyl groups excluding tert-OH is 2. The molecule has 2 unspecified atom stereocenters. The molecule has 62 heavy (non-hydrogen) atoms. The van der Waals surface area contributed by atoms with E-state index in [4.69, 9.17) is 25.2 Å². The Labute approximate surface area is 356 Å². The average Bonchev–Trinajstić information content (AvgIpc) is 3.26. The minimum absolute atomic E-state index is 0.0183. The molecule has 1 fully saturated rings. The fraction of sp³-hybridized carbons (Fsp3) is 0.326. The van der Waals surface area contributed by atoms with Gasteiger partial charge in [0, 0.05) is 62.9 Å². The third kappa shape index (κ3) is 12.2. The van der Waals surface area contributed by atoms with Gasteiger partial charge in [0.2, 0.25) is 5.91 Å². The highest BCUT2D eigenvalue weighted by Crippen LogP contribution is 2.32. The summed E-state index contributed by atoms with van der Waals surface area (Å²) in [5.74, 6) is -5.67. The normalized spacial score (nSPS) is 14.5. The molecule has 1 aliphatic rings. The van der Waals surface area contributed by atoms with Gasteiger partial charge >= 0.3 is 18.1 Å². The molecule has 0 bridgehead atoms. The van der Waals surface area contributed by atoms with Crippen molar-refractivity contribution in [2.75, 3.05) is 33.4 Å². The van der Waals surface area contributed by atoms with Crippen molar-refractivity contribution in [2.45, 2.75) is 61.1 Å². The second kappa shape index (κ2) is 21.4. The fourth-order valence-corrected chi connectivity index (χ4v) is 7.73. The van der Waals surface area contributed by atoms with Gasteiger partial charge in [-0.2, -0.15) is 13.2 Å². The lowest BCUT2D eigenvalue weighted by molar-refractivity contribution is -0.165. The van der Waals surface area contributed by atoms with E-state index in [0.29, 0.717) is 28.2 Å². The second-order valence-corrected chi connectivity index (χ2v) is 15.2. The lowest BCUT2D eigenvalue weighted by atomic mass is 10.00. The van der Waals surface area contributed by atoms with E-state index in [1.54, 1.807) is 23.8 Å². The Morgan fingerprint density at radius 3 is 2.10 bits per heavy atom. The Bertz CT molecular complexity index is 2380. The van der Waals surface area contributed by atoms with Crippen molar-refractivity contribution < 1.29 is 61.5 Å². The van der Waals surface area contributed by atoms with E-state index in [2.05, 4.69) is 9.88 Å². The summed E-state index contributed by atoms with van der Waals surface area (Å²) in [6.07, 6.45) is -5.97. The Balaban J connectivity index is 0.000000646. The molecule has 3 heterocycles. The number of aromatic nitrogens is 2. The first-order chi connectivity index (χ1) is 29.5. The van der Waals surface area contributed by atoms with Crippen molar-refractivity contribution in [1.29, 1.82) is 0 Å². The molecule has 0 radical (unpaired) electrons. The molecule has 1 saturated heterocycles. The van der Waals surface area contributed by atoms with Crippen molar-refractivity contribution >= 4 is 40.6 Å². The number of rotatable bonds is 15. The van der Waals surface area contributed by atoms with Crippen LogP contribution in [0.2, 0.25) is 0 Å². The molecule has 1 amide bonds. The summed E-state index contributed by atoms with van der Waals surface area (Å²) in [7, 11) is 1.66. The van der Waals surface area contributed by atoms with Gasteiger partial charge in [-0.1, -0.05) is 48.5 Å². The molecule has 6 rings (SSSR count). The molecule has 0 spiro atoms. The number of aliphatic carboxylic acids is 2. The van der Waals surface area contributed by atoms with Gasteiger partial charge in [-0.25, -0.2) is 23.4 Å². The van der Waals surface area contributed by atoms with Crippen molar-refractivity contribution in [3.8, 4) is 11.1 Å². The number of carbonyl (C=O) groups is 3. The predicted molar refractivity (Wildman–Crippen MR) is 218 cm³/mol. The molecule has 0 saturated carbocycles. The molecule has 1 aliphatic heterocycles. The number of nitrogens with zero attached hydrogens (tertiary/aromatic N) is 4. The smallest absolute Gasteiger partial charge is 0.416 e. The van der Waals surface area contributed by atoms with Crippen LogP contribution in [0.1, 0.15) is 29.5 Å². The van der Waals surface area contributed by atoms with Gasteiger partial charge in [0.25, 0.3) is 0 Å². The lowest BCUT2D eigenvalue weighted by Gasteiger charge is -2.39. The number of amides is 1. The Morgan fingerprint density at radius 2 is 1.52 bits per heavy atom. The van der Waals surface area contributed by atoms with E-state index in [0.717, 1.165) is 73.6 Å². The number of alkyl halides is 3. The number of pyridine rings is 2. The number of ether oxygens (including phenoxy) is 1. The van der Waals surface area contributed by atoms with E-state index in [1.165, 1.54) is 36.5 Å². The third-order valence-corrected chi connectivity index (χ3v) is 11.2. The third-order valence-electron chi connectivity index (χ3n) is 10.1.